The van der Waals surface area contributed by atoms with Crippen LogP contribution in [-0.4, -0.2) is 18.0 Å². The molecule has 0 aromatic heterocycles. The first-order valence-electron chi connectivity index (χ1n) is 7.53. The molecular formula is C15H30N2O. The highest BCUT2D eigenvalue weighted by molar-refractivity contribution is 5.82. The van der Waals surface area contributed by atoms with E-state index in [1.54, 1.807) is 0 Å². The summed E-state index contributed by atoms with van der Waals surface area (Å²) in [6, 6.07) is -0.0221. The Morgan fingerprint density at radius 1 is 1.28 bits per heavy atom. The van der Waals surface area contributed by atoms with E-state index in [2.05, 4.69) is 26.1 Å². The van der Waals surface area contributed by atoms with Gasteiger partial charge in [-0.25, -0.2) is 0 Å². The van der Waals surface area contributed by atoms with E-state index < -0.39 is 0 Å². The number of nitrogens with one attached hydrogen (secondary N) is 1. The number of rotatable bonds is 5. The van der Waals surface area contributed by atoms with Gasteiger partial charge in [-0.05, 0) is 30.6 Å². The van der Waals surface area contributed by atoms with Gasteiger partial charge in [-0.3, -0.25) is 4.79 Å². The molecule has 1 amide bonds. The summed E-state index contributed by atoms with van der Waals surface area (Å²) in [6.07, 6.45) is 5.83. The maximum atomic E-state index is 12.1. The predicted octanol–water partition coefficient (Wildman–Crippen LogP) is 2.69. The average molecular weight is 254 g/mol. The van der Waals surface area contributed by atoms with Gasteiger partial charge in [0.25, 0.3) is 0 Å². The lowest BCUT2D eigenvalue weighted by Crippen LogP contribution is -2.51. The Hall–Kier alpha value is -0.570. The lowest BCUT2D eigenvalue weighted by molar-refractivity contribution is -0.124. The lowest BCUT2D eigenvalue weighted by atomic mass is 9.77. The highest BCUT2D eigenvalue weighted by atomic mass is 16.2. The van der Waals surface area contributed by atoms with Crippen LogP contribution in [0.1, 0.15) is 59.8 Å². The molecule has 1 aliphatic carbocycles. The van der Waals surface area contributed by atoms with E-state index in [1.165, 1.54) is 19.3 Å². The van der Waals surface area contributed by atoms with Gasteiger partial charge in [0, 0.05) is 6.04 Å². The minimum absolute atomic E-state index is 0.0434. The summed E-state index contributed by atoms with van der Waals surface area (Å²) in [5.74, 6) is 1.55. The number of carbonyl (C=O) groups is 1. The van der Waals surface area contributed by atoms with Gasteiger partial charge in [0.05, 0.1) is 6.04 Å². The molecule has 0 saturated heterocycles. The summed E-state index contributed by atoms with van der Waals surface area (Å²) in [7, 11) is 0. The topological polar surface area (TPSA) is 55.1 Å². The van der Waals surface area contributed by atoms with Gasteiger partial charge in [-0.15, -0.1) is 0 Å². The Balaban J connectivity index is 2.56. The normalized spacial score (nSPS) is 27.9. The Morgan fingerprint density at radius 2 is 1.89 bits per heavy atom. The van der Waals surface area contributed by atoms with Gasteiger partial charge in [-0.2, -0.15) is 0 Å². The molecule has 0 aliphatic heterocycles. The molecule has 1 saturated carbocycles. The van der Waals surface area contributed by atoms with Crippen LogP contribution in [0.15, 0.2) is 0 Å². The fraction of sp³-hybridized carbons (Fsp3) is 0.933. The summed E-state index contributed by atoms with van der Waals surface area (Å²) in [6.45, 7) is 8.63. The Labute approximate surface area is 112 Å². The van der Waals surface area contributed by atoms with Gasteiger partial charge in [0.2, 0.25) is 5.91 Å². The SMILES string of the molecule is CCC(C)C(N)C(=O)NC1CCCCC1C(C)C. The minimum Gasteiger partial charge on any atom is -0.352 e. The molecule has 3 heteroatoms. The van der Waals surface area contributed by atoms with Crippen molar-refractivity contribution in [3.63, 3.8) is 0 Å². The van der Waals surface area contributed by atoms with Gasteiger partial charge < -0.3 is 11.1 Å². The first kappa shape index (κ1) is 15.5. The van der Waals surface area contributed by atoms with Crippen molar-refractivity contribution >= 4 is 5.91 Å². The van der Waals surface area contributed by atoms with Crippen LogP contribution in [0.2, 0.25) is 0 Å². The van der Waals surface area contributed by atoms with Crippen molar-refractivity contribution in [2.24, 2.45) is 23.5 Å². The monoisotopic (exact) mass is 254 g/mol. The number of nitrogens with two attached hydrogens (primary N) is 1. The van der Waals surface area contributed by atoms with Crippen LogP contribution < -0.4 is 11.1 Å². The Kier molecular flexibility index (Phi) is 6.13. The molecule has 0 heterocycles. The summed E-state index contributed by atoms with van der Waals surface area (Å²) < 4.78 is 0. The zero-order valence-corrected chi connectivity index (χ0v) is 12.4. The number of carbonyl (C=O) groups excluding carboxylic acids is 1. The molecule has 3 nitrogen and oxygen atoms in total. The molecule has 4 unspecified atom stereocenters. The second kappa shape index (κ2) is 7.13. The van der Waals surface area contributed by atoms with E-state index in [4.69, 9.17) is 5.73 Å². The third-order valence-corrected chi connectivity index (χ3v) is 4.56. The van der Waals surface area contributed by atoms with Crippen LogP contribution in [0.3, 0.4) is 0 Å². The van der Waals surface area contributed by atoms with Gasteiger partial charge in [-0.1, -0.05) is 47.0 Å². The molecule has 0 bridgehead atoms. The molecule has 0 spiro atoms. The number of amides is 1. The first-order chi connectivity index (χ1) is 8.47. The van der Waals surface area contributed by atoms with Crippen molar-refractivity contribution in [3.8, 4) is 0 Å². The fourth-order valence-corrected chi connectivity index (χ4v) is 2.93. The van der Waals surface area contributed by atoms with Crippen LogP contribution >= 0.6 is 0 Å². The molecule has 1 rings (SSSR count). The summed E-state index contributed by atoms with van der Waals surface area (Å²) in [5.41, 5.74) is 6.00. The highest BCUT2D eigenvalue weighted by Crippen LogP contribution is 2.30. The molecule has 1 aliphatic rings. The highest BCUT2D eigenvalue weighted by Gasteiger charge is 2.30. The fourth-order valence-electron chi connectivity index (χ4n) is 2.93. The number of hydrogen-bond acceptors (Lipinski definition) is 2. The maximum Gasteiger partial charge on any atom is 0.237 e. The zero-order valence-electron chi connectivity index (χ0n) is 12.4. The molecule has 0 aromatic rings. The van der Waals surface area contributed by atoms with E-state index in [-0.39, 0.29) is 17.9 Å². The molecule has 4 atom stereocenters. The molecule has 0 radical (unpaired) electrons. The van der Waals surface area contributed by atoms with Crippen LogP contribution in [0.25, 0.3) is 0 Å². The second-order valence-corrected chi connectivity index (χ2v) is 6.22. The van der Waals surface area contributed by atoms with Gasteiger partial charge >= 0.3 is 0 Å². The van der Waals surface area contributed by atoms with Crippen molar-refractivity contribution in [2.75, 3.05) is 0 Å². The van der Waals surface area contributed by atoms with E-state index in [0.29, 0.717) is 17.9 Å². The third kappa shape index (κ3) is 3.98. The molecule has 1 fully saturated rings. The van der Waals surface area contributed by atoms with Crippen molar-refractivity contribution < 1.29 is 4.79 Å². The standard InChI is InChI=1S/C15H30N2O/c1-5-11(4)14(16)15(18)17-13-9-7-6-8-12(13)10(2)3/h10-14H,5-9,16H2,1-4H3,(H,17,18). The van der Waals surface area contributed by atoms with E-state index in [0.717, 1.165) is 12.8 Å². The number of hydrogen-bond donors (Lipinski definition) is 2. The Morgan fingerprint density at radius 3 is 2.44 bits per heavy atom. The quantitative estimate of drug-likeness (QED) is 0.792. The van der Waals surface area contributed by atoms with E-state index in [9.17, 15) is 4.79 Å². The molecule has 18 heavy (non-hydrogen) atoms. The minimum atomic E-state index is -0.357. The van der Waals surface area contributed by atoms with Crippen LogP contribution in [-0.2, 0) is 4.79 Å². The zero-order chi connectivity index (χ0) is 13.7. The third-order valence-electron chi connectivity index (χ3n) is 4.56. The van der Waals surface area contributed by atoms with E-state index >= 15 is 0 Å². The molecular weight excluding hydrogens is 224 g/mol. The second-order valence-electron chi connectivity index (χ2n) is 6.22. The smallest absolute Gasteiger partial charge is 0.237 e. The Bertz CT molecular complexity index is 265. The summed E-state index contributed by atoms with van der Waals surface area (Å²) in [5, 5.41) is 3.20. The average Bonchev–Trinajstić information content (AvgIpc) is 2.37. The van der Waals surface area contributed by atoms with Crippen molar-refractivity contribution in [2.45, 2.75) is 71.9 Å². The van der Waals surface area contributed by atoms with E-state index in [1.807, 2.05) is 6.92 Å². The largest absolute Gasteiger partial charge is 0.352 e. The molecule has 0 aromatic carbocycles. The van der Waals surface area contributed by atoms with Crippen LogP contribution in [0, 0.1) is 17.8 Å². The molecule has 3 N–H and O–H groups in total. The van der Waals surface area contributed by atoms with Crippen molar-refractivity contribution in [1.29, 1.82) is 0 Å². The first-order valence-corrected chi connectivity index (χ1v) is 7.53. The van der Waals surface area contributed by atoms with Crippen molar-refractivity contribution in [1.82, 2.24) is 5.32 Å². The molecule has 106 valence electrons. The van der Waals surface area contributed by atoms with Crippen molar-refractivity contribution in [3.05, 3.63) is 0 Å². The lowest BCUT2D eigenvalue weighted by Gasteiger charge is -2.35. The van der Waals surface area contributed by atoms with Crippen LogP contribution in [0.5, 0.6) is 0 Å². The predicted molar refractivity (Wildman–Crippen MR) is 76.2 cm³/mol. The summed E-state index contributed by atoms with van der Waals surface area (Å²) in [4.78, 5) is 12.1. The van der Waals surface area contributed by atoms with Gasteiger partial charge in [0.1, 0.15) is 0 Å². The maximum absolute atomic E-state index is 12.1. The van der Waals surface area contributed by atoms with Crippen LogP contribution in [0.4, 0.5) is 0 Å². The summed E-state index contributed by atoms with van der Waals surface area (Å²) >= 11 is 0. The van der Waals surface area contributed by atoms with Gasteiger partial charge in [0.15, 0.2) is 0 Å².